The molecule has 4 nitrogen and oxygen atoms in total. The van der Waals surface area contributed by atoms with Crippen LogP contribution < -0.4 is 5.32 Å². The van der Waals surface area contributed by atoms with Crippen molar-refractivity contribution in [3.63, 3.8) is 0 Å². The zero-order valence-electron chi connectivity index (χ0n) is 10.3. The predicted molar refractivity (Wildman–Crippen MR) is 68.6 cm³/mol. The van der Waals surface area contributed by atoms with Gasteiger partial charge in [0.05, 0.1) is 0 Å². The van der Waals surface area contributed by atoms with Gasteiger partial charge in [-0.2, -0.15) is 15.4 Å². The van der Waals surface area contributed by atoms with Gasteiger partial charge in [0.15, 0.2) is 0 Å². The van der Waals surface area contributed by atoms with Crippen molar-refractivity contribution in [1.29, 1.82) is 0 Å². The second-order valence-electron chi connectivity index (χ2n) is 4.16. The fourth-order valence-electron chi connectivity index (χ4n) is 1.70. The quantitative estimate of drug-likeness (QED) is 0.775. The Bertz CT molecular complexity index is 459. The molecule has 0 aliphatic carbocycles. The van der Waals surface area contributed by atoms with Crippen LogP contribution in [0.3, 0.4) is 0 Å². The molecule has 0 atom stereocenters. The highest BCUT2D eigenvalue weighted by Gasteiger charge is 2.09. The number of nitrogens with zero attached hydrogens (tertiary/aromatic N) is 2. The first-order valence-electron chi connectivity index (χ1n) is 5.98. The summed E-state index contributed by atoms with van der Waals surface area (Å²) < 4.78 is 0. The third-order valence-electron chi connectivity index (χ3n) is 2.66. The van der Waals surface area contributed by atoms with E-state index in [9.17, 15) is 0 Å². The average molecular weight is 230 g/mol. The molecular weight excluding hydrogens is 212 g/mol. The lowest BCUT2D eigenvalue weighted by atomic mass is 10.1. The van der Waals surface area contributed by atoms with Crippen molar-refractivity contribution < 1.29 is 0 Å². The molecule has 0 saturated heterocycles. The van der Waals surface area contributed by atoms with E-state index < -0.39 is 0 Å². The third kappa shape index (κ3) is 2.91. The lowest BCUT2D eigenvalue weighted by molar-refractivity contribution is 0.663. The summed E-state index contributed by atoms with van der Waals surface area (Å²) in [5.74, 6) is 0. The predicted octanol–water partition coefficient (Wildman–Crippen LogP) is 2.28. The van der Waals surface area contributed by atoms with Gasteiger partial charge in [-0.25, -0.2) is 0 Å². The van der Waals surface area contributed by atoms with Crippen molar-refractivity contribution in [2.24, 2.45) is 0 Å². The van der Waals surface area contributed by atoms with Crippen LogP contribution in [0.25, 0.3) is 11.3 Å². The Hall–Kier alpha value is -1.68. The van der Waals surface area contributed by atoms with Gasteiger partial charge in [-0.15, -0.1) is 0 Å². The van der Waals surface area contributed by atoms with Gasteiger partial charge in [-0.3, -0.25) is 0 Å². The monoisotopic (exact) mass is 230 g/mol. The van der Waals surface area contributed by atoms with Crippen molar-refractivity contribution in [1.82, 2.24) is 20.7 Å². The van der Waals surface area contributed by atoms with Gasteiger partial charge in [-0.1, -0.05) is 36.8 Å². The van der Waals surface area contributed by atoms with Crippen LogP contribution >= 0.6 is 0 Å². The van der Waals surface area contributed by atoms with Crippen molar-refractivity contribution in [2.45, 2.75) is 26.8 Å². The topological polar surface area (TPSA) is 53.6 Å². The second-order valence-corrected chi connectivity index (χ2v) is 4.16. The largest absolute Gasteiger partial charge is 0.311 e. The Kier molecular flexibility index (Phi) is 3.88. The molecule has 0 amide bonds. The molecule has 0 saturated carbocycles. The minimum atomic E-state index is 0.757. The maximum atomic E-state index is 4.22. The average Bonchev–Trinajstić information content (AvgIpc) is 2.79. The van der Waals surface area contributed by atoms with Crippen molar-refractivity contribution in [3.05, 3.63) is 35.5 Å². The molecule has 2 rings (SSSR count). The minimum Gasteiger partial charge on any atom is -0.311 e. The number of H-pyrrole nitrogens is 1. The van der Waals surface area contributed by atoms with Gasteiger partial charge >= 0.3 is 0 Å². The summed E-state index contributed by atoms with van der Waals surface area (Å²) >= 11 is 0. The molecule has 2 N–H and O–H groups in total. The summed E-state index contributed by atoms with van der Waals surface area (Å²) in [5.41, 5.74) is 4.27. The Morgan fingerprint density at radius 2 is 1.94 bits per heavy atom. The maximum absolute atomic E-state index is 4.22. The Labute approximate surface area is 101 Å². The Morgan fingerprint density at radius 3 is 2.65 bits per heavy atom. The molecule has 0 unspecified atom stereocenters. The number of nitrogens with one attached hydrogen (secondary N) is 2. The van der Waals surface area contributed by atoms with E-state index >= 15 is 0 Å². The summed E-state index contributed by atoms with van der Waals surface area (Å²) in [4.78, 5) is 0. The van der Waals surface area contributed by atoms with E-state index in [1.54, 1.807) is 0 Å². The molecule has 0 aliphatic rings. The Morgan fingerprint density at radius 1 is 1.18 bits per heavy atom. The molecule has 1 aromatic carbocycles. The summed E-state index contributed by atoms with van der Waals surface area (Å²) in [6.45, 7) is 5.99. The smallest absolute Gasteiger partial charge is 0.117 e. The lowest BCUT2D eigenvalue weighted by Gasteiger charge is -2.02. The first-order chi connectivity index (χ1) is 8.31. The summed E-state index contributed by atoms with van der Waals surface area (Å²) in [6.07, 6.45) is 1.12. The molecule has 1 aromatic heterocycles. The molecule has 0 radical (unpaired) electrons. The zero-order chi connectivity index (χ0) is 12.1. The van der Waals surface area contributed by atoms with Crippen LogP contribution in [-0.2, 0) is 6.54 Å². The molecule has 90 valence electrons. The van der Waals surface area contributed by atoms with E-state index in [4.69, 9.17) is 0 Å². The highest BCUT2D eigenvalue weighted by molar-refractivity contribution is 5.61. The molecule has 0 aliphatic heterocycles. The van der Waals surface area contributed by atoms with Crippen molar-refractivity contribution in [3.8, 4) is 11.3 Å². The highest BCUT2D eigenvalue weighted by atomic mass is 15.3. The molecule has 0 bridgehead atoms. The normalized spacial score (nSPS) is 10.7. The van der Waals surface area contributed by atoms with Crippen LogP contribution in [-0.4, -0.2) is 22.0 Å². The fourth-order valence-corrected chi connectivity index (χ4v) is 1.70. The first kappa shape index (κ1) is 11.8. The molecule has 0 fully saturated rings. The van der Waals surface area contributed by atoms with Gasteiger partial charge in [0.2, 0.25) is 0 Å². The number of benzene rings is 1. The van der Waals surface area contributed by atoms with Gasteiger partial charge in [0, 0.05) is 12.1 Å². The minimum absolute atomic E-state index is 0.757. The van der Waals surface area contributed by atoms with Gasteiger partial charge in [0.1, 0.15) is 11.4 Å². The SMILES string of the molecule is CCCNCc1n[nH]nc1-c1ccc(C)cc1. The standard InChI is InChI=1S/C13H18N4/c1-3-8-14-9-12-13(16-17-15-12)11-6-4-10(2)5-7-11/h4-7,14H,3,8-9H2,1-2H3,(H,15,16,17). The van der Waals surface area contributed by atoms with Crippen LogP contribution in [0.5, 0.6) is 0 Å². The molecule has 4 heteroatoms. The molecule has 1 heterocycles. The van der Waals surface area contributed by atoms with E-state index in [0.717, 1.165) is 36.5 Å². The second kappa shape index (κ2) is 5.59. The molecule has 17 heavy (non-hydrogen) atoms. The summed E-state index contributed by atoms with van der Waals surface area (Å²) in [6, 6.07) is 8.34. The van der Waals surface area contributed by atoms with Crippen LogP contribution in [0.2, 0.25) is 0 Å². The zero-order valence-corrected chi connectivity index (χ0v) is 10.3. The summed E-state index contributed by atoms with van der Waals surface area (Å²) in [5, 5.41) is 14.4. The first-order valence-corrected chi connectivity index (χ1v) is 5.98. The fraction of sp³-hybridized carbons (Fsp3) is 0.385. The van der Waals surface area contributed by atoms with Gasteiger partial charge in [0.25, 0.3) is 0 Å². The number of aromatic nitrogens is 3. The Balaban J connectivity index is 2.15. The van der Waals surface area contributed by atoms with Gasteiger partial charge in [-0.05, 0) is 19.9 Å². The van der Waals surface area contributed by atoms with E-state index in [1.807, 2.05) is 0 Å². The van der Waals surface area contributed by atoms with E-state index in [2.05, 4.69) is 58.8 Å². The van der Waals surface area contributed by atoms with E-state index in [1.165, 1.54) is 5.56 Å². The van der Waals surface area contributed by atoms with E-state index in [-0.39, 0.29) is 0 Å². The summed E-state index contributed by atoms with van der Waals surface area (Å²) in [7, 11) is 0. The molecular formula is C13H18N4. The van der Waals surface area contributed by atoms with Gasteiger partial charge < -0.3 is 5.32 Å². The highest BCUT2D eigenvalue weighted by Crippen LogP contribution is 2.19. The van der Waals surface area contributed by atoms with E-state index in [0.29, 0.717) is 0 Å². The number of aryl methyl sites for hydroxylation is 1. The number of rotatable bonds is 5. The maximum Gasteiger partial charge on any atom is 0.117 e. The third-order valence-corrected chi connectivity index (χ3v) is 2.66. The molecule has 2 aromatic rings. The van der Waals surface area contributed by atoms with Crippen molar-refractivity contribution in [2.75, 3.05) is 6.54 Å². The van der Waals surface area contributed by atoms with Crippen LogP contribution in [0.4, 0.5) is 0 Å². The lowest BCUT2D eigenvalue weighted by Crippen LogP contribution is -2.14. The van der Waals surface area contributed by atoms with Crippen LogP contribution in [0, 0.1) is 6.92 Å². The number of hydrogen-bond acceptors (Lipinski definition) is 3. The molecule has 0 spiro atoms. The van der Waals surface area contributed by atoms with Crippen LogP contribution in [0.15, 0.2) is 24.3 Å². The van der Waals surface area contributed by atoms with Crippen molar-refractivity contribution >= 4 is 0 Å². The number of hydrogen-bond donors (Lipinski definition) is 2. The number of aromatic amines is 1. The van der Waals surface area contributed by atoms with Crippen LogP contribution in [0.1, 0.15) is 24.6 Å².